The average molecular weight is 333 g/mol. The topological polar surface area (TPSA) is 62.3 Å². The third kappa shape index (κ3) is 3.64. The van der Waals surface area contributed by atoms with Gasteiger partial charge in [-0.1, -0.05) is 31.5 Å². The molecule has 3 rings (SSSR count). The van der Waals surface area contributed by atoms with Crippen LogP contribution in [0.5, 0.6) is 0 Å². The number of aromatic nitrogens is 1. The summed E-state index contributed by atoms with van der Waals surface area (Å²) in [6.45, 7) is 3.91. The number of hydrogen-bond donors (Lipinski definition) is 1. The summed E-state index contributed by atoms with van der Waals surface area (Å²) in [5, 5.41) is 4.49. The van der Waals surface area contributed by atoms with Gasteiger partial charge >= 0.3 is 0 Å². The van der Waals surface area contributed by atoms with E-state index in [9.17, 15) is 8.42 Å². The van der Waals surface area contributed by atoms with Gasteiger partial charge in [-0.3, -0.25) is 4.98 Å². The van der Waals surface area contributed by atoms with Crippen molar-refractivity contribution in [3.8, 4) is 0 Å². The zero-order chi connectivity index (χ0) is 16.3. The number of aryl methyl sites for hydroxylation is 1. The van der Waals surface area contributed by atoms with Gasteiger partial charge in [0.05, 0.1) is 11.3 Å². The number of pyridine rings is 1. The average Bonchev–Trinajstić information content (AvgIpc) is 2.86. The minimum Gasteiger partial charge on any atom is -0.383 e. The van der Waals surface area contributed by atoms with Gasteiger partial charge in [-0.2, -0.15) is 0 Å². The maximum absolute atomic E-state index is 11.8. The highest BCUT2D eigenvalue weighted by molar-refractivity contribution is 7.89. The molecule has 0 atom stereocenters. The molecule has 1 saturated heterocycles. The SMILES string of the molecule is CCCc1cc(NCCN2CCCS2(=O)=O)c2ccccc2n1. The van der Waals surface area contributed by atoms with E-state index in [0.717, 1.165) is 41.5 Å². The molecule has 23 heavy (non-hydrogen) atoms. The number of benzene rings is 1. The molecule has 6 heteroatoms. The largest absolute Gasteiger partial charge is 0.383 e. The van der Waals surface area contributed by atoms with Crippen molar-refractivity contribution in [3.05, 3.63) is 36.0 Å². The van der Waals surface area contributed by atoms with Crippen molar-refractivity contribution >= 4 is 26.6 Å². The Morgan fingerprint density at radius 3 is 2.87 bits per heavy atom. The maximum atomic E-state index is 11.8. The second-order valence-electron chi connectivity index (χ2n) is 5.92. The van der Waals surface area contributed by atoms with E-state index in [-0.39, 0.29) is 5.75 Å². The molecule has 1 aliphatic rings. The number of hydrogen-bond acceptors (Lipinski definition) is 4. The number of nitrogens with one attached hydrogen (secondary N) is 1. The third-order valence-corrected chi connectivity index (χ3v) is 6.11. The van der Waals surface area contributed by atoms with E-state index in [1.54, 1.807) is 4.31 Å². The normalized spacial score (nSPS) is 17.6. The highest BCUT2D eigenvalue weighted by atomic mass is 32.2. The Labute approximate surface area is 137 Å². The summed E-state index contributed by atoms with van der Waals surface area (Å²) in [4.78, 5) is 4.69. The van der Waals surface area contributed by atoms with Crippen molar-refractivity contribution in [1.29, 1.82) is 0 Å². The van der Waals surface area contributed by atoms with E-state index in [0.29, 0.717) is 19.6 Å². The first-order valence-electron chi connectivity index (χ1n) is 8.20. The molecule has 2 heterocycles. The summed E-state index contributed by atoms with van der Waals surface area (Å²) >= 11 is 0. The quantitative estimate of drug-likeness (QED) is 0.883. The van der Waals surface area contributed by atoms with Gasteiger partial charge in [0.25, 0.3) is 0 Å². The number of nitrogens with zero attached hydrogens (tertiary/aromatic N) is 2. The number of para-hydroxylation sites is 1. The third-order valence-electron chi connectivity index (χ3n) is 4.16. The van der Waals surface area contributed by atoms with Crippen LogP contribution in [0.25, 0.3) is 10.9 Å². The van der Waals surface area contributed by atoms with E-state index >= 15 is 0 Å². The predicted molar refractivity (Wildman–Crippen MR) is 94.2 cm³/mol. The molecule has 1 aliphatic heterocycles. The van der Waals surface area contributed by atoms with Crippen molar-refractivity contribution in [3.63, 3.8) is 0 Å². The molecule has 0 amide bonds. The zero-order valence-electron chi connectivity index (χ0n) is 13.5. The van der Waals surface area contributed by atoms with Crippen LogP contribution < -0.4 is 5.32 Å². The van der Waals surface area contributed by atoms with Crippen LogP contribution in [0.3, 0.4) is 0 Å². The first-order valence-corrected chi connectivity index (χ1v) is 9.81. The second-order valence-corrected chi connectivity index (χ2v) is 8.01. The van der Waals surface area contributed by atoms with Gasteiger partial charge in [0.15, 0.2) is 0 Å². The Balaban J connectivity index is 1.76. The minimum atomic E-state index is -3.02. The molecule has 2 aromatic rings. The van der Waals surface area contributed by atoms with Crippen molar-refractivity contribution in [1.82, 2.24) is 9.29 Å². The standard InChI is InChI=1S/C17H23N3O2S/c1-2-6-14-13-17(15-7-3-4-8-16(15)19-14)18-9-11-20-10-5-12-23(20,21)22/h3-4,7-8,13H,2,5-6,9-12H2,1H3,(H,18,19). The van der Waals surface area contributed by atoms with E-state index in [2.05, 4.69) is 23.3 Å². The summed E-state index contributed by atoms with van der Waals surface area (Å²) in [7, 11) is -3.02. The lowest BCUT2D eigenvalue weighted by Crippen LogP contribution is -2.30. The Hall–Kier alpha value is -1.66. The molecule has 0 radical (unpaired) electrons. The van der Waals surface area contributed by atoms with Crippen LogP contribution in [0.15, 0.2) is 30.3 Å². The van der Waals surface area contributed by atoms with E-state index in [1.165, 1.54) is 0 Å². The number of anilines is 1. The fourth-order valence-electron chi connectivity index (χ4n) is 3.02. The molecule has 0 saturated carbocycles. The van der Waals surface area contributed by atoms with E-state index in [4.69, 9.17) is 0 Å². The lowest BCUT2D eigenvalue weighted by molar-refractivity contribution is 0.456. The summed E-state index contributed by atoms with van der Waals surface area (Å²) in [5.74, 6) is 0.284. The van der Waals surface area contributed by atoms with Crippen LogP contribution in [0.4, 0.5) is 5.69 Å². The molecular formula is C17H23N3O2S. The molecule has 1 aromatic carbocycles. The molecule has 5 nitrogen and oxygen atoms in total. The molecule has 1 N–H and O–H groups in total. The van der Waals surface area contributed by atoms with Crippen LogP contribution in [0.1, 0.15) is 25.5 Å². The molecule has 1 fully saturated rings. The van der Waals surface area contributed by atoms with E-state index in [1.807, 2.05) is 24.3 Å². The number of sulfonamides is 1. The zero-order valence-corrected chi connectivity index (χ0v) is 14.3. The van der Waals surface area contributed by atoms with E-state index < -0.39 is 10.0 Å². The smallest absolute Gasteiger partial charge is 0.214 e. The summed E-state index contributed by atoms with van der Waals surface area (Å²) in [6.07, 6.45) is 2.73. The Bertz CT molecular complexity index is 790. The van der Waals surface area contributed by atoms with Gasteiger partial charge in [0.2, 0.25) is 10.0 Å². The Morgan fingerprint density at radius 1 is 1.30 bits per heavy atom. The summed E-state index contributed by atoms with van der Waals surface area (Å²) < 4.78 is 25.3. The molecule has 0 spiro atoms. The molecule has 0 unspecified atom stereocenters. The summed E-state index contributed by atoms with van der Waals surface area (Å²) in [6, 6.07) is 10.1. The van der Waals surface area contributed by atoms with Gasteiger partial charge in [0, 0.05) is 36.4 Å². The van der Waals surface area contributed by atoms with Crippen LogP contribution in [-0.2, 0) is 16.4 Å². The van der Waals surface area contributed by atoms with Gasteiger partial charge < -0.3 is 5.32 Å². The van der Waals surface area contributed by atoms with Crippen molar-refractivity contribution in [2.45, 2.75) is 26.2 Å². The fraction of sp³-hybridized carbons (Fsp3) is 0.471. The van der Waals surface area contributed by atoms with Gasteiger partial charge in [-0.15, -0.1) is 0 Å². The molecule has 1 aromatic heterocycles. The predicted octanol–water partition coefficient (Wildman–Crippen LogP) is 2.63. The Kier molecular flexibility index (Phi) is 4.82. The summed E-state index contributed by atoms with van der Waals surface area (Å²) in [5.41, 5.74) is 3.09. The number of fused-ring (bicyclic) bond motifs is 1. The van der Waals surface area contributed by atoms with Crippen molar-refractivity contribution in [2.24, 2.45) is 0 Å². The molecule has 0 aliphatic carbocycles. The first kappa shape index (κ1) is 16.2. The highest BCUT2D eigenvalue weighted by Gasteiger charge is 2.27. The lowest BCUT2D eigenvalue weighted by Gasteiger charge is -2.16. The highest BCUT2D eigenvalue weighted by Crippen LogP contribution is 2.24. The Morgan fingerprint density at radius 2 is 2.13 bits per heavy atom. The fourth-order valence-corrected chi connectivity index (χ4v) is 4.55. The van der Waals surface area contributed by atoms with Crippen LogP contribution in [0.2, 0.25) is 0 Å². The molecule has 124 valence electrons. The monoisotopic (exact) mass is 333 g/mol. The molecular weight excluding hydrogens is 310 g/mol. The van der Waals surface area contributed by atoms with Gasteiger partial charge in [0.1, 0.15) is 0 Å². The first-order chi connectivity index (χ1) is 11.1. The van der Waals surface area contributed by atoms with Crippen molar-refractivity contribution < 1.29 is 8.42 Å². The second kappa shape index (κ2) is 6.84. The van der Waals surface area contributed by atoms with Crippen LogP contribution in [0, 0.1) is 0 Å². The van der Waals surface area contributed by atoms with Crippen molar-refractivity contribution in [2.75, 3.05) is 30.7 Å². The van der Waals surface area contributed by atoms with Crippen LogP contribution in [-0.4, -0.2) is 43.1 Å². The number of rotatable bonds is 6. The minimum absolute atomic E-state index is 0.284. The van der Waals surface area contributed by atoms with Crippen LogP contribution >= 0.6 is 0 Å². The van der Waals surface area contributed by atoms with Gasteiger partial charge in [-0.25, -0.2) is 12.7 Å². The lowest BCUT2D eigenvalue weighted by atomic mass is 10.1. The van der Waals surface area contributed by atoms with Gasteiger partial charge in [-0.05, 0) is 25.0 Å². The molecule has 0 bridgehead atoms. The maximum Gasteiger partial charge on any atom is 0.214 e.